The lowest BCUT2D eigenvalue weighted by Gasteiger charge is -2.21. The Morgan fingerprint density at radius 3 is 2.29 bits per heavy atom. The molecule has 0 spiro atoms. The molecule has 0 atom stereocenters. The summed E-state index contributed by atoms with van der Waals surface area (Å²) in [6, 6.07) is 8.94. The molecule has 3 heteroatoms. The average Bonchev–Trinajstić information content (AvgIpc) is 2.19. The fourth-order valence-corrected chi connectivity index (χ4v) is 1.57. The molecule has 0 aliphatic rings. The van der Waals surface area contributed by atoms with Crippen molar-refractivity contribution in [1.82, 2.24) is 4.57 Å². The van der Waals surface area contributed by atoms with E-state index in [1.807, 2.05) is 12.1 Å². The summed E-state index contributed by atoms with van der Waals surface area (Å²) in [4.78, 5) is 0. The summed E-state index contributed by atoms with van der Waals surface area (Å²) in [5, 5.41) is 0. The molecule has 0 bridgehead atoms. The van der Waals surface area contributed by atoms with E-state index in [9.17, 15) is 0 Å². The fourth-order valence-electron chi connectivity index (χ4n) is 1.20. The topological polar surface area (TPSA) is 12.5 Å². The van der Waals surface area contributed by atoms with Gasteiger partial charge in [-0.05, 0) is 23.7 Å². The van der Waals surface area contributed by atoms with Gasteiger partial charge in [-0.25, -0.2) is 0 Å². The van der Waals surface area contributed by atoms with Gasteiger partial charge in [0.15, 0.2) is 0 Å². The molecule has 0 saturated carbocycles. The third-order valence-electron chi connectivity index (χ3n) is 2.47. The van der Waals surface area contributed by atoms with E-state index in [1.165, 1.54) is 5.56 Å². The van der Waals surface area contributed by atoms with E-state index in [0.29, 0.717) is 6.04 Å². The summed E-state index contributed by atoms with van der Waals surface area (Å²) in [5.74, 6) is 0.929. The van der Waals surface area contributed by atoms with Crippen LogP contribution in [0.2, 0.25) is 0 Å². The third kappa shape index (κ3) is 3.16. The first kappa shape index (κ1) is 11.3. The van der Waals surface area contributed by atoms with Crippen molar-refractivity contribution in [3.05, 3.63) is 29.8 Å². The monoisotopic (exact) mass is 209 g/mol. The highest BCUT2D eigenvalue weighted by Gasteiger charge is 2.03. The smallest absolute Gasteiger partial charge is 0.118 e. The molecule has 14 heavy (non-hydrogen) atoms. The summed E-state index contributed by atoms with van der Waals surface area (Å²) in [6.07, 6.45) is 0. The van der Waals surface area contributed by atoms with Crippen molar-refractivity contribution in [2.45, 2.75) is 26.4 Å². The quantitative estimate of drug-likeness (QED) is 0.691. The van der Waals surface area contributed by atoms with Crippen LogP contribution < -0.4 is 4.74 Å². The van der Waals surface area contributed by atoms with Gasteiger partial charge in [-0.1, -0.05) is 26.0 Å². The van der Waals surface area contributed by atoms with Gasteiger partial charge in [-0.15, -0.1) is 0 Å². The molecule has 0 amide bonds. The lowest BCUT2D eigenvalue weighted by Crippen LogP contribution is -2.27. The Morgan fingerprint density at radius 2 is 1.86 bits per heavy atom. The average molecular weight is 209 g/mol. The van der Waals surface area contributed by atoms with Gasteiger partial charge in [-0.2, -0.15) is 0 Å². The van der Waals surface area contributed by atoms with Gasteiger partial charge in [-0.3, -0.25) is 0 Å². The van der Waals surface area contributed by atoms with Crippen molar-refractivity contribution in [1.29, 1.82) is 0 Å². The summed E-state index contributed by atoms with van der Waals surface area (Å²) in [7, 11) is 2.81. The van der Waals surface area contributed by atoms with E-state index in [4.69, 9.17) is 4.74 Å². The van der Waals surface area contributed by atoms with Crippen LogP contribution in [-0.2, 0) is 6.54 Å². The molecule has 0 aliphatic heterocycles. The third-order valence-corrected chi connectivity index (χ3v) is 3.82. The zero-order valence-corrected chi connectivity index (χ0v) is 11.4. The summed E-state index contributed by atoms with van der Waals surface area (Å²) >= 11 is 0. The molecule has 1 rings (SSSR count). The van der Waals surface area contributed by atoms with E-state index in [2.05, 4.69) is 30.5 Å². The molecule has 0 radical (unpaired) electrons. The van der Waals surface area contributed by atoms with Crippen LogP contribution in [0.15, 0.2) is 24.3 Å². The number of hydrogen-bond acceptors (Lipinski definition) is 2. The van der Waals surface area contributed by atoms with Crippen LogP contribution in [0, 0.1) is 0 Å². The zero-order chi connectivity index (χ0) is 10.6. The highest BCUT2D eigenvalue weighted by Crippen LogP contribution is 2.12. The van der Waals surface area contributed by atoms with Gasteiger partial charge in [0.2, 0.25) is 0 Å². The number of methoxy groups -OCH3 is 1. The number of hydrogen-bond donors (Lipinski definition) is 0. The van der Waals surface area contributed by atoms with E-state index in [-0.39, 0.29) is 0 Å². The molecule has 0 saturated heterocycles. The largest absolute Gasteiger partial charge is 0.497 e. The van der Waals surface area contributed by atoms with Crippen LogP contribution in [0.1, 0.15) is 19.4 Å². The minimum absolute atomic E-state index is 0.642. The Labute approximate surface area is 89.4 Å². The van der Waals surface area contributed by atoms with Crippen molar-refractivity contribution in [3.63, 3.8) is 0 Å². The Kier molecular flexibility index (Phi) is 4.16. The number of ether oxygens (including phenoxy) is 1. The van der Waals surface area contributed by atoms with E-state index >= 15 is 0 Å². The van der Waals surface area contributed by atoms with Crippen LogP contribution in [-0.4, -0.2) is 28.1 Å². The molecule has 0 N–H and O–H groups in total. The minimum Gasteiger partial charge on any atom is -0.497 e. The van der Waals surface area contributed by atoms with Crippen molar-refractivity contribution in [2.24, 2.45) is 0 Å². The van der Waals surface area contributed by atoms with Gasteiger partial charge >= 0.3 is 0 Å². The van der Waals surface area contributed by atoms with Crippen LogP contribution in [0.5, 0.6) is 5.75 Å². The molecule has 78 valence electrons. The standard InChI is InChI=1S/C11H19NOSi/c1-9(2)12(14)8-10-4-6-11(13-3)7-5-10/h4-7,9H,8H2,1-3,14H3. The second kappa shape index (κ2) is 5.17. The first-order valence-corrected chi connectivity index (χ1v) is 5.86. The van der Waals surface area contributed by atoms with Gasteiger partial charge in [0.1, 0.15) is 5.75 Å². The number of benzene rings is 1. The predicted molar refractivity (Wildman–Crippen MR) is 63.6 cm³/mol. The Balaban J connectivity index is 2.59. The molecule has 1 aromatic carbocycles. The lowest BCUT2D eigenvalue weighted by atomic mass is 10.2. The maximum absolute atomic E-state index is 5.12. The second-order valence-corrected chi connectivity index (χ2v) is 5.01. The molecule has 0 unspecified atom stereocenters. The van der Waals surface area contributed by atoms with Gasteiger partial charge in [0.05, 0.1) is 17.5 Å². The van der Waals surface area contributed by atoms with Gasteiger partial charge < -0.3 is 9.30 Å². The minimum atomic E-state index is 0.642. The molecule has 0 aliphatic carbocycles. The predicted octanol–water partition coefficient (Wildman–Crippen LogP) is 1.19. The molecule has 1 aromatic rings. The normalized spacial score (nSPS) is 11.2. The van der Waals surface area contributed by atoms with Crippen molar-refractivity contribution >= 4 is 10.4 Å². The summed E-state index contributed by atoms with van der Waals surface area (Å²) in [5.41, 5.74) is 1.36. The van der Waals surface area contributed by atoms with Crippen LogP contribution in [0.25, 0.3) is 0 Å². The van der Waals surface area contributed by atoms with Gasteiger partial charge in [0, 0.05) is 6.54 Å². The van der Waals surface area contributed by atoms with Crippen LogP contribution >= 0.6 is 0 Å². The van der Waals surface area contributed by atoms with E-state index in [1.54, 1.807) is 7.11 Å². The Bertz CT molecular complexity index is 271. The highest BCUT2D eigenvalue weighted by atomic mass is 28.2. The SMILES string of the molecule is COc1ccc(CN([SiH3])C(C)C)cc1. The molecular formula is C11H19NOSi. The van der Waals surface area contributed by atoms with E-state index < -0.39 is 0 Å². The Hall–Kier alpha value is -0.803. The highest BCUT2D eigenvalue weighted by molar-refractivity contribution is 6.04. The molecule has 0 aromatic heterocycles. The van der Waals surface area contributed by atoms with Gasteiger partial charge in [0.25, 0.3) is 0 Å². The number of rotatable bonds is 4. The first-order valence-electron chi connectivity index (χ1n) is 4.96. The maximum Gasteiger partial charge on any atom is 0.118 e. The molecule has 0 fully saturated rings. The molecule has 0 heterocycles. The van der Waals surface area contributed by atoms with Crippen molar-refractivity contribution in [2.75, 3.05) is 7.11 Å². The molecular weight excluding hydrogens is 190 g/mol. The zero-order valence-electron chi connectivity index (χ0n) is 9.45. The summed E-state index contributed by atoms with van der Waals surface area (Å²) < 4.78 is 7.56. The Morgan fingerprint density at radius 1 is 1.29 bits per heavy atom. The van der Waals surface area contributed by atoms with Crippen molar-refractivity contribution < 1.29 is 4.74 Å². The molecule has 2 nitrogen and oxygen atoms in total. The maximum atomic E-state index is 5.12. The fraction of sp³-hybridized carbons (Fsp3) is 0.455. The summed E-state index contributed by atoms with van der Waals surface area (Å²) in [6.45, 7) is 5.51. The lowest BCUT2D eigenvalue weighted by molar-refractivity contribution is 0.373. The number of nitrogens with zero attached hydrogens (tertiary/aromatic N) is 1. The van der Waals surface area contributed by atoms with Crippen LogP contribution in [0.3, 0.4) is 0 Å². The second-order valence-electron chi connectivity index (χ2n) is 3.86. The first-order chi connectivity index (χ1) is 6.63. The van der Waals surface area contributed by atoms with Crippen molar-refractivity contribution in [3.8, 4) is 5.75 Å². The van der Waals surface area contributed by atoms with Crippen LogP contribution in [0.4, 0.5) is 0 Å². The van der Waals surface area contributed by atoms with E-state index in [0.717, 1.165) is 22.7 Å².